The van der Waals surface area contributed by atoms with Gasteiger partial charge in [0.15, 0.2) is 0 Å². The third-order valence-corrected chi connectivity index (χ3v) is 3.68. The number of hydrogen-bond donors (Lipinski definition) is 1. The van der Waals surface area contributed by atoms with Crippen LogP contribution in [0, 0.1) is 5.82 Å². The van der Waals surface area contributed by atoms with Crippen molar-refractivity contribution in [3.05, 3.63) is 53.7 Å². The number of nitrogens with zero attached hydrogens (tertiary/aromatic N) is 1. The number of halogens is 1. The molecule has 1 fully saturated rings. The van der Waals surface area contributed by atoms with Crippen molar-refractivity contribution in [2.75, 3.05) is 4.90 Å². The smallest absolute Gasteiger partial charge is 0.123 e. The van der Waals surface area contributed by atoms with E-state index in [-0.39, 0.29) is 11.9 Å². The zero-order valence-electron chi connectivity index (χ0n) is 11.6. The summed E-state index contributed by atoms with van der Waals surface area (Å²) in [5.41, 5.74) is 7.86. The third kappa shape index (κ3) is 2.70. The standard InChI is InChI=1S/C16H19FN2O/c1-11(18)15-9-12(17)4-7-16(15)19(13-5-6-13)10-14-3-2-8-20-14/h2-4,7-9,11,13H,5-6,10,18H2,1H3. The van der Waals surface area contributed by atoms with Crippen LogP contribution in [-0.4, -0.2) is 6.04 Å². The Hall–Kier alpha value is -1.81. The first-order chi connectivity index (χ1) is 9.65. The largest absolute Gasteiger partial charge is 0.467 e. The van der Waals surface area contributed by atoms with Gasteiger partial charge in [0.05, 0.1) is 12.8 Å². The molecule has 4 heteroatoms. The first kappa shape index (κ1) is 13.2. The number of furan rings is 1. The molecule has 1 aromatic carbocycles. The lowest BCUT2D eigenvalue weighted by molar-refractivity contribution is 0.500. The van der Waals surface area contributed by atoms with Crippen molar-refractivity contribution < 1.29 is 8.81 Å². The van der Waals surface area contributed by atoms with E-state index in [0.29, 0.717) is 12.6 Å². The third-order valence-electron chi connectivity index (χ3n) is 3.68. The summed E-state index contributed by atoms with van der Waals surface area (Å²) in [5.74, 6) is 0.673. The van der Waals surface area contributed by atoms with Gasteiger partial charge in [0.25, 0.3) is 0 Å². The highest BCUT2D eigenvalue weighted by atomic mass is 19.1. The second-order valence-electron chi connectivity index (χ2n) is 5.43. The molecule has 1 saturated carbocycles. The maximum atomic E-state index is 13.5. The molecule has 20 heavy (non-hydrogen) atoms. The van der Waals surface area contributed by atoms with Crippen molar-refractivity contribution >= 4 is 5.69 Å². The average molecular weight is 274 g/mol. The minimum Gasteiger partial charge on any atom is -0.467 e. The first-order valence-corrected chi connectivity index (χ1v) is 6.99. The van der Waals surface area contributed by atoms with Gasteiger partial charge in [-0.3, -0.25) is 0 Å². The minimum absolute atomic E-state index is 0.196. The highest BCUT2D eigenvalue weighted by molar-refractivity contribution is 5.56. The molecule has 3 rings (SSSR count). The normalized spacial score (nSPS) is 16.1. The van der Waals surface area contributed by atoms with Gasteiger partial charge >= 0.3 is 0 Å². The average Bonchev–Trinajstić information content (AvgIpc) is 3.13. The van der Waals surface area contributed by atoms with E-state index >= 15 is 0 Å². The van der Waals surface area contributed by atoms with Gasteiger partial charge < -0.3 is 15.1 Å². The molecule has 1 heterocycles. The van der Waals surface area contributed by atoms with Crippen LogP contribution >= 0.6 is 0 Å². The Balaban J connectivity index is 1.95. The number of rotatable bonds is 5. The fraction of sp³-hybridized carbons (Fsp3) is 0.375. The highest BCUT2D eigenvalue weighted by Gasteiger charge is 2.31. The van der Waals surface area contributed by atoms with Gasteiger partial charge in [-0.05, 0) is 55.7 Å². The van der Waals surface area contributed by atoms with Crippen molar-refractivity contribution in [1.82, 2.24) is 0 Å². The second-order valence-corrected chi connectivity index (χ2v) is 5.43. The van der Waals surface area contributed by atoms with Gasteiger partial charge in [0.1, 0.15) is 11.6 Å². The van der Waals surface area contributed by atoms with Crippen LogP contribution in [0.1, 0.15) is 37.1 Å². The van der Waals surface area contributed by atoms with E-state index in [9.17, 15) is 4.39 Å². The summed E-state index contributed by atoms with van der Waals surface area (Å²) >= 11 is 0. The van der Waals surface area contributed by atoms with Crippen molar-refractivity contribution in [1.29, 1.82) is 0 Å². The molecule has 0 radical (unpaired) electrons. The topological polar surface area (TPSA) is 42.4 Å². The lowest BCUT2D eigenvalue weighted by Crippen LogP contribution is -2.27. The molecular formula is C16H19FN2O. The fourth-order valence-corrected chi connectivity index (χ4v) is 2.52. The lowest BCUT2D eigenvalue weighted by atomic mass is 10.1. The Bertz CT molecular complexity index is 576. The quantitative estimate of drug-likeness (QED) is 0.905. The number of hydrogen-bond acceptors (Lipinski definition) is 3. The molecule has 0 spiro atoms. The molecule has 106 valence electrons. The van der Waals surface area contributed by atoms with E-state index in [4.69, 9.17) is 10.2 Å². The highest BCUT2D eigenvalue weighted by Crippen LogP contribution is 2.36. The van der Waals surface area contributed by atoms with Crippen LogP contribution in [0.25, 0.3) is 0 Å². The van der Waals surface area contributed by atoms with Crippen molar-refractivity contribution in [2.24, 2.45) is 5.73 Å². The molecule has 1 aromatic heterocycles. The predicted octanol–water partition coefficient (Wildman–Crippen LogP) is 3.61. The summed E-state index contributed by atoms with van der Waals surface area (Å²) in [7, 11) is 0. The molecule has 1 atom stereocenters. The summed E-state index contributed by atoms with van der Waals surface area (Å²) in [5, 5.41) is 0. The Morgan fingerprint density at radius 3 is 2.80 bits per heavy atom. The van der Waals surface area contributed by atoms with Crippen LogP contribution in [-0.2, 0) is 6.54 Å². The molecule has 0 bridgehead atoms. The number of benzene rings is 1. The molecule has 0 amide bonds. The molecule has 2 N–H and O–H groups in total. The van der Waals surface area contributed by atoms with E-state index in [1.807, 2.05) is 25.1 Å². The predicted molar refractivity (Wildman–Crippen MR) is 76.9 cm³/mol. The molecular weight excluding hydrogens is 255 g/mol. The summed E-state index contributed by atoms with van der Waals surface area (Å²) in [6.07, 6.45) is 4.00. The monoisotopic (exact) mass is 274 g/mol. The Kier molecular flexibility index (Phi) is 3.49. The summed E-state index contributed by atoms with van der Waals surface area (Å²) < 4.78 is 18.9. The van der Waals surface area contributed by atoms with Gasteiger partial charge in [-0.15, -0.1) is 0 Å². The molecule has 3 nitrogen and oxygen atoms in total. The van der Waals surface area contributed by atoms with Crippen LogP contribution in [0.15, 0.2) is 41.0 Å². The van der Waals surface area contributed by atoms with Gasteiger partial charge in [-0.2, -0.15) is 0 Å². The van der Waals surface area contributed by atoms with E-state index in [1.165, 1.54) is 12.1 Å². The lowest BCUT2D eigenvalue weighted by Gasteiger charge is -2.27. The molecule has 1 unspecified atom stereocenters. The van der Waals surface area contributed by atoms with E-state index in [0.717, 1.165) is 29.9 Å². The number of anilines is 1. The Labute approximate surface area is 118 Å². The van der Waals surface area contributed by atoms with Crippen LogP contribution in [0.5, 0.6) is 0 Å². The second kappa shape index (κ2) is 5.29. The van der Waals surface area contributed by atoms with E-state index in [1.54, 1.807) is 6.26 Å². The van der Waals surface area contributed by atoms with Crippen LogP contribution in [0.3, 0.4) is 0 Å². The van der Waals surface area contributed by atoms with Crippen molar-refractivity contribution in [2.45, 2.75) is 38.4 Å². The summed E-state index contributed by atoms with van der Waals surface area (Å²) in [6.45, 7) is 2.58. The van der Waals surface area contributed by atoms with Gasteiger partial charge in [-0.1, -0.05) is 0 Å². The molecule has 0 aliphatic heterocycles. The maximum absolute atomic E-state index is 13.5. The molecule has 0 saturated heterocycles. The fourth-order valence-electron chi connectivity index (χ4n) is 2.52. The van der Waals surface area contributed by atoms with E-state index < -0.39 is 0 Å². The van der Waals surface area contributed by atoms with Gasteiger partial charge in [0.2, 0.25) is 0 Å². The van der Waals surface area contributed by atoms with Crippen LogP contribution in [0.4, 0.5) is 10.1 Å². The van der Waals surface area contributed by atoms with Crippen LogP contribution in [0.2, 0.25) is 0 Å². The summed E-state index contributed by atoms with van der Waals surface area (Å²) in [4.78, 5) is 2.27. The SMILES string of the molecule is CC(N)c1cc(F)ccc1N(Cc1ccco1)C1CC1. The van der Waals surface area contributed by atoms with Crippen molar-refractivity contribution in [3.63, 3.8) is 0 Å². The van der Waals surface area contributed by atoms with Gasteiger partial charge in [0, 0.05) is 17.8 Å². The first-order valence-electron chi connectivity index (χ1n) is 6.99. The number of nitrogens with two attached hydrogens (primary N) is 1. The molecule has 1 aliphatic rings. The van der Waals surface area contributed by atoms with Crippen molar-refractivity contribution in [3.8, 4) is 0 Å². The minimum atomic E-state index is -0.241. The van der Waals surface area contributed by atoms with Crippen LogP contribution < -0.4 is 10.6 Å². The summed E-state index contributed by atoms with van der Waals surface area (Å²) in [6, 6.07) is 9.02. The maximum Gasteiger partial charge on any atom is 0.123 e. The zero-order chi connectivity index (χ0) is 14.1. The van der Waals surface area contributed by atoms with E-state index in [2.05, 4.69) is 4.90 Å². The molecule has 2 aromatic rings. The Morgan fingerprint density at radius 1 is 1.40 bits per heavy atom. The Morgan fingerprint density at radius 2 is 2.20 bits per heavy atom. The van der Waals surface area contributed by atoms with Gasteiger partial charge in [-0.25, -0.2) is 4.39 Å². The zero-order valence-corrected chi connectivity index (χ0v) is 11.6. The molecule has 1 aliphatic carbocycles.